The third kappa shape index (κ3) is 1.30. The van der Waals surface area contributed by atoms with Crippen LogP contribution in [0.5, 0.6) is 0 Å². The quantitative estimate of drug-likeness (QED) is 0.547. The Morgan fingerprint density at radius 2 is 1.45 bits per heavy atom. The van der Waals surface area contributed by atoms with E-state index in [4.69, 9.17) is 11.5 Å². The summed E-state index contributed by atoms with van der Waals surface area (Å²) in [5, 5.41) is 0. The Morgan fingerprint density at radius 1 is 0.909 bits per heavy atom. The minimum absolute atomic E-state index is 0.484. The molecule has 0 aliphatic heterocycles. The van der Waals surface area contributed by atoms with Crippen molar-refractivity contribution in [3.63, 3.8) is 0 Å². The molecule has 0 aromatic carbocycles. The van der Waals surface area contributed by atoms with Gasteiger partial charge in [0.25, 0.3) is 0 Å². The SMILES string of the molecule is NC1CCC2(CC1)CC(N)C2. The van der Waals surface area contributed by atoms with E-state index in [0.29, 0.717) is 17.5 Å². The molecule has 2 aliphatic carbocycles. The maximum atomic E-state index is 5.84. The highest BCUT2D eigenvalue weighted by Crippen LogP contribution is 2.50. The highest BCUT2D eigenvalue weighted by atomic mass is 14.7. The summed E-state index contributed by atoms with van der Waals surface area (Å²) in [6, 6.07) is 0.988. The minimum Gasteiger partial charge on any atom is -0.328 e. The lowest BCUT2D eigenvalue weighted by atomic mass is 9.58. The number of rotatable bonds is 0. The first-order valence-corrected chi connectivity index (χ1v) is 4.71. The van der Waals surface area contributed by atoms with Crippen molar-refractivity contribution in [2.45, 2.75) is 50.6 Å². The molecule has 2 aliphatic rings. The highest BCUT2D eigenvalue weighted by Gasteiger charge is 2.43. The molecule has 0 atom stereocenters. The van der Waals surface area contributed by atoms with Crippen molar-refractivity contribution in [1.82, 2.24) is 0 Å². The second-order valence-corrected chi connectivity index (χ2v) is 4.51. The molecule has 0 radical (unpaired) electrons. The van der Waals surface area contributed by atoms with E-state index in [2.05, 4.69) is 0 Å². The average Bonchev–Trinajstić information content (AvgIpc) is 1.92. The van der Waals surface area contributed by atoms with Crippen LogP contribution < -0.4 is 11.5 Å². The van der Waals surface area contributed by atoms with Gasteiger partial charge in [0.05, 0.1) is 0 Å². The van der Waals surface area contributed by atoms with Crippen LogP contribution in [0.1, 0.15) is 38.5 Å². The second-order valence-electron chi connectivity index (χ2n) is 4.51. The summed E-state index contributed by atoms with van der Waals surface area (Å²) in [5.74, 6) is 0. The summed E-state index contributed by atoms with van der Waals surface area (Å²) in [6.45, 7) is 0. The largest absolute Gasteiger partial charge is 0.328 e. The van der Waals surface area contributed by atoms with Crippen LogP contribution in [-0.2, 0) is 0 Å². The Morgan fingerprint density at radius 3 is 1.91 bits per heavy atom. The van der Waals surface area contributed by atoms with Gasteiger partial charge in [-0.05, 0) is 43.9 Å². The lowest BCUT2D eigenvalue weighted by Gasteiger charge is -2.50. The van der Waals surface area contributed by atoms with Crippen LogP contribution in [0.15, 0.2) is 0 Å². The Kier molecular flexibility index (Phi) is 1.69. The molecule has 1 spiro atoms. The minimum atomic E-state index is 0.484. The fourth-order valence-electron chi connectivity index (χ4n) is 2.71. The molecule has 0 bridgehead atoms. The van der Waals surface area contributed by atoms with Gasteiger partial charge in [-0.2, -0.15) is 0 Å². The zero-order chi connectivity index (χ0) is 7.90. The molecule has 2 saturated carbocycles. The molecular weight excluding hydrogens is 136 g/mol. The van der Waals surface area contributed by atoms with Crippen molar-refractivity contribution in [3.8, 4) is 0 Å². The topological polar surface area (TPSA) is 52.0 Å². The van der Waals surface area contributed by atoms with Gasteiger partial charge in [-0.25, -0.2) is 0 Å². The van der Waals surface area contributed by atoms with Crippen molar-refractivity contribution in [2.24, 2.45) is 16.9 Å². The summed E-state index contributed by atoms with van der Waals surface area (Å²) < 4.78 is 0. The normalized spacial score (nSPS) is 50.7. The highest BCUT2D eigenvalue weighted by molar-refractivity contribution is 4.99. The summed E-state index contributed by atoms with van der Waals surface area (Å²) >= 11 is 0. The van der Waals surface area contributed by atoms with E-state index in [1.54, 1.807) is 0 Å². The lowest BCUT2D eigenvalue weighted by Crippen LogP contribution is -2.49. The van der Waals surface area contributed by atoms with Crippen LogP contribution in [-0.4, -0.2) is 12.1 Å². The van der Waals surface area contributed by atoms with Crippen LogP contribution in [0.3, 0.4) is 0 Å². The van der Waals surface area contributed by atoms with Crippen molar-refractivity contribution in [2.75, 3.05) is 0 Å². The number of hydrogen-bond acceptors (Lipinski definition) is 2. The molecule has 11 heavy (non-hydrogen) atoms. The van der Waals surface area contributed by atoms with Gasteiger partial charge >= 0.3 is 0 Å². The average molecular weight is 154 g/mol. The Bertz CT molecular complexity index is 140. The summed E-state index contributed by atoms with van der Waals surface area (Å²) in [7, 11) is 0. The first-order valence-electron chi connectivity index (χ1n) is 4.71. The lowest BCUT2D eigenvalue weighted by molar-refractivity contribution is 0.0492. The van der Waals surface area contributed by atoms with E-state index in [0.717, 1.165) is 0 Å². The zero-order valence-corrected chi connectivity index (χ0v) is 7.05. The van der Waals surface area contributed by atoms with Crippen molar-refractivity contribution in [3.05, 3.63) is 0 Å². The summed E-state index contributed by atoms with van der Waals surface area (Å²) in [4.78, 5) is 0. The van der Waals surface area contributed by atoms with E-state index in [9.17, 15) is 0 Å². The molecule has 2 fully saturated rings. The first-order chi connectivity index (χ1) is 5.20. The number of nitrogens with two attached hydrogens (primary N) is 2. The fourth-order valence-corrected chi connectivity index (χ4v) is 2.71. The Hall–Kier alpha value is -0.0800. The molecule has 2 heteroatoms. The molecule has 0 saturated heterocycles. The molecule has 0 aromatic rings. The third-order valence-electron chi connectivity index (χ3n) is 3.48. The van der Waals surface area contributed by atoms with Gasteiger partial charge in [0, 0.05) is 12.1 Å². The van der Waals surface area contributed by atoms with Crippen LogP contribution in [0.2, 0.25) is 0 Å². The molecule has 64 valence electrons. The molecular formula is C9H18N2. The van der Waals surface area contributed by atoms with Crippen LogP contribution >= 0.6 is 0 Å². The molecule has 0 aromatic heterocycles. The summed E-state index contributed by atoms with van der Waals surface area (Å²) in [6.07, 6.45) is 7.66. The molecule has 0 unspecified atom stereocenters. The Balaban J connectivity index is 1.88. The number of hydrogen-bond donors (Lipinski definition) is 2. The third-order valence-corrected chi connectivity index (χ3v) is 3.48. The van der Waals surface area contributed by atoms with Crippen LogP contribution in [0.4, 0.5) is 0 Å². The second kappa shape index (κ2) is 2.46. The van der Waals surface area contributed by atoms with Crippen LogP contribution in [0.25, 0.3) is 0 Å². The zero-order valence-electron chi connectivity index (χ0n) is 7.05. The van der Waals surface area contributed by atoms with Crippen molar-refractivity contribution < 1.29 is 0 Å². The summed E-state index contributed by atoms with van der Waals surface area (Å²) in [5.41, 5.74) is 12.3. The molecule has 2 nitrogen and oxygen atoms in total. The predicted octanol–water partition coefficient (Wildman–Crippen LogP) is 0.995. The standard InChI is InChI=1S/C9H18N2/c10-7-1-3-9(4-2-7)5-8(11)6-9/h7-8H,1-6,10-11H2. The molecule has 2 rings (SSSR count). The fraction of sp³-hybridized carbons (Fsp3) is 1.00. The van der Waals surface area contributed by atoms with E-state index in [1.807, 2.05) is 0 Å². The van der Waals surface area contributed by atoms with Gasteiger partial charge in [0.15, 0.2) is 0 Å². The van der Waals surface area contributed by atoms with Gasteiger partial charge < -0.3 is 11.5 Å². The van der Waals surface area contributed by atoms with Gasteiger partial charge in [-0.1, -0.05) is 0 Å². The van der Waals surface area contributed by atoms with Gasteiger partial charge in [0.1, 0.15) is 0 Å². The van der Waals surface area contributed by atoms with Crippen molar-refractivity contribution >= 4 is 0 Å². The van der Waals surface area contributed by atoms with Gasteiger partial charge in [-0.3, -0.25) is 0 Å². The Labute approximate surface area is 68.3 Å². The molecule has 0 heterocycles. The van der Waals surface area contributed by atoms with Crippen LogP contribution in [0, 0.1) is 5.41 Å². The van der Waals surface area contributed by atoms with E-state index < -0.39 is 0 Å². The van der Waals surface area contributed by atoms with Gasteiger partial charge in [0.2, 0.25) is 0 Å². The van der Waals surface area contributed by atoms with Crippen molar-refractivity contribution in [1.29, 1.82) is 0 Å². The monoisotopic (exact) mass is 154 g/mol. The molecule has 4 N–H and O–H groups in total. The van der Waals surface area contributed by atoms with E-state index >= 15 is 0 Å². The van der Waals surface area contributed by atoms with E-state index in [-0.39, 0.29) is 0 Å². The van der Waals surface area contributed by atoms with Gasteiger partial charge in [-0.15, -0.1) is 0 Å². The predicted molar refractivity (Wildman–Crippen MR) is 46.1 cm³/mol. The first kappa shape index (κ1) is 7.56. The molecule has 0 amide bonds. The maximum Gasteiger partial charge on any atom is 0.00494 e. The maximum absolute atomic E-state index is 5.84. The smallest absolute Gasteiger partial charge is 0.00494 e. The van der Waals surface area contributed by atoms with E-state index in [1.165, 1.54) is 38.5 Å².